The molecule has 0 N–H and O–H groups in total. The lowest BCUT2D eigenvalue weighted by molar-refractivity contribution is -0.171. The molecule has 0 bridgehead atoms. The fourth-order valence-corrected chi connectivity index (χ4v) is 1.84. The molecule has 2 unspecified atom stereocenters. The van der Waals surface area contributed by atoms with E-state index in [1.165, 1.54) is 0 Å². The number of hydrogen-bond acceptors (Lipinski definition) is 5. The van der Waals surface area contributed by atoms with Crippen molar-refractivity contribution in [3.05, 3.63) is 0 Å². The molecule has 5 heteroatoms. The van der Waals surface area contributed by atoms with Crippen molar-refractivity contribution in [3.63, 3.8) is 0 Å². The number of nitrogens with zero attached hydrogens (tertiary/aromatic N) is 1. The molecule has 2 heterocycles. The highest BCUT2D eigenvalue weighted by Gasteiger charge is 2.61. The lowest BCUT2D eigenvalue weighted by Gasteiger charge is -2.23. The van der Waals surface area contributed by atoms with E-state index in [4.69, 9.17) is 14.3 Å². The van der Waals surface area contributed by atoms with Gasteiger partial charge in [-0.15, -0.1) is 0 Å². The second-order valence-corrected chi connectivity index (χ2v) is 5.49. The fraction of sp³-hybridized carbons (Fsp3) is 0.833. The van der Waals surface area contributed by atoms with Gasteiger partial charge in [0.05, 0.1) is 18.9 Å². The molecule has 5 nitrogen and oxygen atoms in total. The average molecular weight is 241 g/mol. The molecule has 0 aromatic rings. The molecular weight excluding hydrogens is 222 g/mol. The van der Waals surface area contributed by atoms with Gasteiger partial charge in [0.2, 0.25) is 0 Å². The van der Waals surface area contributed by atoms with Crippen LogP contribution in [0.25, 0.3) is 0 Å². The average Bonchev–Trinajstić information content (AvgIpc) is 2.97. The van der Waals surface area contributed by atoms with E-state index < -0.39 is 5.60 Å². The van der Waals surface area contributed by atoms with Gasteiger partial charge in [0.1, 0.15) is 6.10 Å². The fourth-order valence-electron chi connectivity index (χ4n) is 1.84. The standard InChI is InChI=1S/C12H19NO4/c1-5-15-10(14)12(9-7-16-9)6-8(13-17-12)11(2,3)4/h9H,5-7H2,1-4H3. The van der Waals surface area contributed by atoms with Gasteiger partial charge < -0.3 is 14.3 Å². The Hall–Kier alpha value is -1.10. The van der Waals surface area contributed by atoms with Crippen molar-refractivity contribution >= 4 is 11.7 Å². The molecule has 2 aliphatic rings. The van der Waals surface area contributed by atoms with Crippen LogP contribution in [-0.4, -0.2) is 36.6 Å². The van der Waals surface area contributed by atoms with Crippen molar-refractivity contribution in [2.75, 3.05) is 13.2 Å². The van der Waals surface area contributed by atoms with E-state index in [0.29, 0.717) is 19.6 Å². The van der Waals surface area contributed by atoms with E-state index in [1.54, 1.807) is 6.92 Å². The summed E-state index contributed by atoms with van der Waals surface area (Å²) in [4.78, 5) is 17.4. The first-order valence-corrected chi connectivity index (χ1v) is 5.94. The topological polar surface area (TPSA) is 60.4 Å². The molecule has 0 saturated carbocycles. The van der Waals surface area contributed by atoms with Crippen molar-refractivity contribution in [2.24, 2.45) is 10.6 Å². The summed E-state index contributed by atoms with van der Waals surface area (Å²) in [6, 6.07) is 0. The van der Waals surface area contributed by atoms with Gasteiger partial charge in [-0.2, -0.15) is 0 Å². The third-order valence-corrected chi connectivity index (χ3v) is 3.09. The zero-order valence-corrected chi connectivity index (χ0v) is 10.8. The van der Waals surface area contributed by atoms with Crippen molar-refractivity contribution in [3.8, 4) is 0 Å². The van der Waals surface area contributed by atoms with Gasteiger partial charge in [0.25, 0.3) is 5.60 Å². The zero-order valence-electron chi connectivity index (χ0n) is 10.8. The highest BCUT2D eigenvalue weighted by Crippen LogP contribution is 2.40. The molecule has 96 valence electrons. The maximum absolute atomic E-state index is 12.0. The van der Waals surface area contributed by atoms with Crippen LogP contribution in [0.2, 0.25) is 0 Å². The van der Waals surface area contributed by atoms with Crippen LogP contribution >= 0.6 is 0 Å². The SMILES string of the molecule is CCOC(=O)C1(C2CO2)CC(C(C)(C)C)=NO1. The van der Waals surface area contributed by atoms with Crippen molar-refractivity contribution in [1.29, 1.82) is 0 Å². The van der Waals surface area contributed by atoms with Gasteiger partial charge in [-0.3, -0.25) is 0 Å². The van der Waals surface area contributed by atoms with E-state index in [9.17, 15) is 4.79 Å². The summed E-state index contributed by atoms with van der Waals surface area (Å²) >= 11 is 0. The Morgan fingerprint density at radius 3 is 2.65 bits per heavy atom. The Kier molecular flexibility index (Phi) is 2.89. The van der Waals surface area contributed by atoms with E-state index in [0.717, 1.165) is 5.71 Å². The summed E-state index contributed by atoms with van der Waals surface area (Å²) in [5.74, 6) is -0.370. The molecule has 0 amide bonds. The van der Waals surface area contributed by atoms with E-state index in [-0.39, 0.29) is 17.5 Å². The molecule has 1 saturated heterocycles. The molecule has 0 aliphatic carbocycles. The third-order valence-electron chi connectivity index (χ3n) is 3.09. The predicted octanol–water partition coefficient (Wildman–Crippen LogP) is 1.51. The number of hydrogen-bond donors (Lipinski definition) is 0. The predicted molar refractivity (Wildman–Crippen MR) is 61.7 cm³/mol. The van der Waals surface area contributed by atoms with Gasteiger partial charge in [0.15, 0.2) is 0 Å². The van der Waals surface area contributed by atoms with Gasteiger partial charge in [-0.05, 0) is 6.92 Å². The molecule has 2 rings (SSSR count). The van der Waals surface area contributed by atoms with E-state index in [2.05, 4.69) is 5.16 Å². The van der Waals surface area contributed by atoms with Crippen LogP contribution in [0.5, 0.6) is 0 Å². The highest BCUT2D eigenvalue weighted by molar-refractivity contribution is 5.97. The minimum absolute atomic E-state index is 0.108. The van der Waals surface area contributed by atoms with Gasteiger partial charge in [-0.1, -0.05) is 25.9 Å². The number of esters is 1. The van der Waals surface area contributed by atoms with Crippen molar-refractivity contribution in [1.82, 2.24) is 0 Å². The van der Waals surface area contributed by atoms with Gasteiger partial charge >= 0.3 is 5.97 Å². The lowest BCUT2D eigenvalue weighted by atomic mass is 9.82. The first-order valence-electron chi connectivity index (χ1n) is 5.94. The summed E-state index contributed by atoms with van der Waals surface area (Å²) < 4.78 is 10.3. The van der Waals surface area contributed by atoms with Crippen molar-refractivity contribution < 1.29 is 19.1 Å². The number of oxime groups is 1. The Bertz CT molecular complexity index is 354. The minimum Gasteiger partial charge on any atom is -0.463 e. The summed E-state index contributed by atoms with van der Waals surface area (Å²) in [5.41, 5.74) is -0.275. The molecule has 2 aliphatic heterocycles. The summed E-state index contributed by atoms with van der Waals surface area (Å²) in [5, 5.41) is 4.06. The molecule has 0 aromatic carbocycles. The molecule has 0 spiro atoms. The Morgan fingerprint density at radius 2 is 2.24 bits per heavy atom. The minimum atomic E-state index is -1.04. The number of carbonyl (C=O) groups excluding carboxylic acids is 1. The normalized spacial score (nSPS) is 31.8. The lowest BCUT2D eigenvalue weighted by Crippen LogP contribution is -2.46. The van der Waals surface area contributed by atoms with Gasteiger partial charge in [0, 0.05) is 11.8 Å². The number of ether oxygens (including phenoxy) is 2. The Morgan fingerprint density at radius 1 is 1.59 bits per heavy atom. The van der Waals surface area contributed by atoms with Crippen LogP contribution in [0.15, 0.2) is 5.16 Å². The van der Waals surface area contributed by atoms with Crippen LogP contribution in [0.3, 0.4) is 0 Å². The monoisotopic (exact) mass is 241 g/mol. The van der Waals surface area contributed by atoms with Crippen molar-refractivity contribution in [2.45, 2.75) is 45.8 Å². The molecule has 17 heavy (non-hydrogen) atoms. The molecule has 2 atom stereocenters. The second-order valence-electron chi connectivity index (χ2n) is 5.49. The maximum atomic E-state index is 12.0. The summed E-state index contributed by atoms with van der Waals surface area (Å²) in [7, 11) is 0. The Balaban J connectivity index is 2.15. The first kappa shape index (κ1) is 12.4. The molecular formula is C12H19NO4. The van der Waals surface area contributed by atoms with Crippen LogP contribution in [0.1, 0.15) is 34.1 Å². The van der Waals surface area contributed by atoms with Crippen LogP contribution in [0.4, 0.5) is 0 Å². The summed E-state index contributed by atoms with van der Waals surface area (Å²) in [6.07, 6.45) is 0.241. The zero-order chi connectivity index (χ0) is 12.7. The number of rotatable bonds is 3. The second kappa shape index (κ2) is 3.98. The van der Waals surface area contributed by atoms with E-state index >= 15 is 0 Å². The quantitative estimate of drug-likeness (QED) is 0.555. The number of epoxide rings is 1. The molecule has 0 radical (unpaired) electrons. The summed E-state index contributed by atoms with van der Waals surface area (Å²) in [6.45, 7) is 8.78. The maximum Gasteiger partial charge on any atom is 0.356 e. The van der Waals surface area contributed by atoms with Crippen LogP contribution in [-0.2, 0) is 19.1 Å². The first-order chi connectivity index (χ1) is 7.90. The van der Waals surface area contributed by atoms with E-state index in [1.807, 2.05) is 20.8 Å². The third kappa shape index (κ3) is 2.16. The highest BCUT2D eigenvalue weighted by atomic mass is 16.7. The Labute approximate surface area is 101 Å². The number of carbonyl (C=O) groups is 1. The molecule has 0 aromatic heterocycles. The van der Waals surface area contributed by atoms with Crippen LogP contribution < -0.4 is 0 Å². The smallest absolute Gasteiger partial charge is 0.356 e. The van der Waals surface area contributed by atoms with Gasteiger partial charge in [-0.25, -0.2) is 4.79 Å². The largest absolute Gasteiger partial charge is 0.463 e. The molecule has 1 fully saturated rings. The van der Waals surface area contributed by atoms with Crippen LogP contribution in [0, 0.1) is 5.41 Å².